The minimum absolute atomic E-state index is 0.816. The Morgan fingerprint density at radius 2 is 1.52 bits per heavy atom. The summed E-state index contributed by atoms with van der Waals surface area (Å²) in [6.07, 6.45) is 10.7. The van der Waals surface area contributed by atoms with Gasteiger partial charge in [-0.3, -0.25) is 0 Å². The van der Waals surface area contributed by atoms with Crippen LogP contribution in [0, 0.1) is 5.92 Å². The maximum absolute atomic E-state index is 5.89. The molecule has 1 fully saturated rings. The minimum atomic E-state index is 0.816. The molecule has 1 aliphatic rings. The van der Waals surface area contributed by atoms with Gasteiger partial charge in [-0.05, 0) is 80.9 Å². The van der Waals surface area contributed by atoms with Crippen LogP contribution in [0.15, 0.2) is 54.6 Å². The molecule has 2 aromatic carbocycles. The first-order valence-electron chi connectivity index (χ1n) is 10.5. The lowest BCUT2D eigenvalue weighted by Gasteiger charge is -2.30. The SMILES string of the molecule is CC1CCN(CCCCCOc2ccc(/C=C/c3ccccc3)cc2)CC1. The van der Waals surface area contributed by atoms with Crippen molar-refractivity contribution in [1.29, 1.82) is 0 Å². The van der Waals surface area contributed by atoms with E-state index in [0.29, 0.717) is 0 Å². The van der Waals surface area contributed by atoms with Gasteiger partial charge in [0.25, 0.3) is 0 Å². The molecule has 0 saturated carbocycles. The Hall–Kier alpha value is -2.06. The summed E-state index contributed by atoms with van der Waals surface area (Å²) in [6, 6.07) is 18.8. The quantitative estimate of drug-likeness (QED) is 0.392. The largest absolute Gasteiger partial charge is 0.494 e. The van der Waals surface area contributed by atoms with Gasteiger partial charge in [0.2, 0.25) is 0 Å². The maximum atomic E-state index is 5.89. The van der Waals surface area contributed by atoms with Crippen molar-refractivity contribution in [2.24, 2.45) is 5.92 Å². The molecule has 0 unspecified atom stereocenters. The average Bonchev–Trinajstić information content (AvgIpc) is 2.72. The molecule has 2 nitrogen and oxygen atoms in total. The number of rotatable bonds is 9. The molecule has 1 heterocycles. The van der Waals surface area contributed by atoms with Crippen LogP contribution in [0.4, 0.5) is 0 Å². The Labute approximate surface area is 164 Å². The summed E-state index contributed by atoms with van der Waals surface area (Å²) >= 11 is 0. The van der Waals surface area contributed by atoms with Gasteiger partial charge in [0, 0.05) is 0 Å². The second-order valence-electron chi connectivity index (χ2n) is 7.75. The number of hydrogen-bond acceptors (Lipinski definition) is 2. The van der Waals surface area contributed by atoms with Crippen LogP contribution in [-0.2, 0) is 0 Å². The summed E-state index contributed by atoms with van der Waals surface area (Å²) in [5.74, 6) is 1.90. The number of ether oxygens (including phenoxy) is 1. The first-order chi connectivity index (χ1) is 13.3. The first kappa shape index (κ1) is 19.7. The number of unbranched alkanes of at least 4 members (excludes halogenated alkanes) is 2. The summed E-state index contributed by atoms with van der Waals surface area (Å²) in [4.78, 5) is 2.63. The Morgan fingerprint density at radius 1 is 0.852 bits per heavy atom. The van der Waals surface area contributed by atoms with Crippen molar-refractivity contribution in [2.45, 2.75) is 39.0 Å². The van der Waals surface area contributed by atoms with Crippen LogP contribution >= 0.6 is 0 Å². The van der Waals surface area contributed by atoms with E-state index >= 15 is 0 Å². The summed E-state index contributed by atoms with van der Waals surface area (Å²) in [5, 5.41) is 0. The minimum Gasteiger partial charge on any atom is -0.494 e. The molecule has 0 atom stereocenters. The third-order valence-corrected chi connectivity index (χ3v) is 5.41. The molecule has 1 aliphatic heterocycles. The highest BCUT2D eigenvalue weighted by molar-refractivity contribution is 5.69. The Balaban J connectivity index is 1.29. The van der Waals surface area contributed by atoms with E-state index < -0.39 is 0 Å². The van der Waals surface area contributed by atoms with Crippen LogP contribution in [0.1, 0.15) is 50.2 Å². The van der Waals surface area contributed by atoms with E-state index in [1.165, 1.54) is 56.4 Å². The molecular formula is C25H33NO. The summed E-state index contributed by atoms with van der Waals surface area (Å²) in [5.41, 5.74) is 2.42. The summed E-state index contributed by atoms with van der Waals surface area (Å²) in [6.45, 7) is 7.04. The Kier molecular flexibility index (Phi) is 7.98. The molecule has 0 N–H and O–H groups in total. The zero-order valence-electron chi connectivity index (χ0n) is 16.6. The van der Waals surface area contributed by atoms with Gasteiger partial charge in [-0.2, -0.15) is 0 Å². The van der Waals surface area contributed by atoms with Crippen molar-refractivity contribution in [2.75, 3.05) is 26.2 Å². The van der Waals surface area contributed by atoms with Crippen molar-refractivity contribution in [3.05, 3.63) is 65.7 Å². The normalized spacial score (nSPS) is 16.0. The number of nitrogens with zero attached hydrogens (tertiary/aromatic N) is 1. The second kappa shape index (κ2) is 10.9. The zero-order valence-corrected chi connectivity index (χ0v) is 16.6. The van der Waals surface area contributed by atoms with Crippen LogP contribution in [0.2, 0.25) is 0 Å². The third-order valence-electron chi connectivity index (χ3n) is 5.41. The number of likely N-dealkylation sites (tertiary alicyclic amines) is 1. The van der Waals surface area contributed by atoms with Gasteiger partial charge in [-0.15, -0.1) is 0 Å². The monoisotopic (exact) mass is 363 g/mol. The molecule has 0 amide bonds. The van der Waals surface area contributed by atoms with Crippen LogP contribution in [0.25, 0.3) is 12.2 Å². The van der Waals surface area contributed by atoms with Gasteiger partial charge in [-0.25, -0.2) is 0 Å². The Morgan fingerprint density at radius 3 is 2.22 bits per heavy atom. The standard InChI is InChI=1S/C25H33NO/c1-22-16-19-26(20-17-22)18-6-3-7-21-27-25-14-12-24(13-15-25)11-10-23-8-4-2-5-9-23/h2,4-5,8-15,22H,3,6-7,16-21H2,1H3/b11-10+. The van der Waals surface area contributed by atoms with Gasteiger partial charge in [0.15, 0.2) is 0 Å². The fourth-order valence-electron chi connectivity index (χ4n) is 3.52. The van der Waals surface area contributed by atoms with Crippen molar-refractivity contribution in [3.63, 3.8) is 0 Å². The van der Waals surface area contributed by atoms with Crippen LogP contribution in [-0.4, -0.2) is 31.1 Å². The number of hydrogen-bond donors (Lipinski definition) is 0. The molecule has 27 heavy (non-hydrogen) atoms. The maximum Gasteiger partial charge on any atom is 0.119 e. The van der Waals surface area contributed by atoms with Gasteiger partial charge < -0.3 is 9.64 Å². The molecule has 3 rings (SSSR count). The predicted molar refractivity (Wildman–Crippen MR) is 116 cm³/mol. The molecule has 2 heteroatoms. The van der Waals surface area contributed by atoms with E-state index in [2.05, 4.69) is 72.5 Å². The first-order valence-corrected chi connectivity index (χ1v) is 10.5. The smallest absolute Gasteiger partial charge is 0.119 e. The molecule has 0 bridgehead atoms. The fraction of sp³-hybridized carbons (Fsp3) is 0.440. The highest BCUT2D eigenvalue weighted by Gasteiger charge is 2.14. The van der Waals surface area contributed by atoms with Crippen molar-refractivity contribution in [1.82, 2.24) is 4.90 Å². The second-order valence-corrected chi connectivity index (χ2v) is 7.75. The number of piperidine rings is 1. The highest BCUT2D eigenvalue weighted by atomic mass is 16.5. The van der Waals surface area contributed by atoms with Crippen molar-refractivity contribution < 1.29 is 4.74 Å². The van der Waals surface area contributed by atoms with E-state index in [9.17, 15) is 0 Å². The van der Waals surface area contributed by atoms with E-state index in [0.717, 1.165) is 24.7 Å². The molecule has 0 radical (unpaired) electrons. The fourth-order valence-corrected chi connectivity index (χ4v) is 3.52. The predicted octanol–water partition coefficient (Wildman–Crippen LogP) is 6.14. The van der Waals surface area contributed by atoms with Crippen LogP contribution < -0.4 is 4.74 Å². The van der Waals surface area contributed by atoms with Crippen molar-refractivity contribution in [3.8, 4) is 5.75 Å². The van der Waals surface area contributed by atoms with E-state index in [4.69, 9.17) is 4.74 Å². The van der Waals surface area contributed by atoms with E-state index in [1.54, 1.807) is 0 Å². The average molecular weight is 364 g/mol. The zero-order chi connectivity index (χ0) is 18.7. The Bertz CT molecular complexity index is 669. The third kappa shape index (κ3) is 7.22. The summed E-state index contributed by atoms with van der Waals surface area (Å²) in [7, 11) is 0. The molecule has 144 valence electrons. The van der Waals surface area contributed by atoms with Crippen molar-refractivity contribution >= 4 is 12.2 Å². The van der Waals surface area contributed by atoms with E-state index in [-0.39, 0.29) is 0 Å². The van der Waals surface area contributed by atoms with E-state index in [1.807, 2.05) is 6.07 Å². The number of benzene rings is 2. The molecule has 0 spiro atoms. The lowest BCUT2D eigenvalue weighted by Crippen LogP contribution is -2.33. The van der Waals surface area contributed by atoms with Gasteiger partial charge in [-0.1, -0.05) is 61.5 Å². The van der Waals surface area contributed by atoms with Gasteiger partial charge >= 0.3 is 0 Å². The lowest BCUT2D eigenvalue weighted by atomic mass is 9.99. The molecule has 0 aliphatic carbocycles. The molecule has 0 aromatic heterocycles. The van der Waals surface area contributed by atoms with Crippen LogP contribution in [0.5, 0.6) is 5.75 Å². The topological polar surface area (TPSA) is 12.5 Å². The van der Waals surface area contributed by atoms with Crippen LogP contribution in [0.3, 0.4) is 0 Å². The molecule has 1 saturated heterocycles. The molecular weight excluding hydrogens is 330 g/mol. The van der Waals surface area contributed by atoms with Gasteiger partial charge in [0.1, 0.15) is 5.75 Å². The summed E-state index contributed by atoms with van der Waals surface area (Å²) < 4.78 is 5.89. The lowest BCUT2D eigenvalue weighted by molar-refractivity contribution is 0.187. The highest BCUT2D eigenvalue weighted by Crippen LogP contribution is 2.17. The van der Waals surface area contributed by atoms with Gasteiger partial charge in [0.05, 0.1) is 6.61 Å². The molecule has 2 aromatic rings.